The Hall–Kier alpha value is -2.64. The number of piperazine rings is 1. The van der Waals surface area contributed by atoms with Gasteiger partial charge in [0.05, 0.1) is 32.4 Å². The predicted octanol–water partition coefficient (Wildman–Crippen LogP) is -0.816. The van der Waals surface area contributed by atoms with Crippen molar-refractivity contribution in [1.82, 2.24) is 10.2 Å². The topological polar surface area (TPSA) is 83.6 Å². The van der Waals surface area contributed by atoms with E-state index in [4.69, 9.17) is 4.42 Å². The van der Waals surface area contributed by atoms with Gasteiger partial charge in [-0.25, -0.2) is 0 Å². The molecule has 2 heterocycles. The standard InChI is InChI=1S/C22H30N4O3/c1-17(2)24-20(27)16-25-10-12-26(13-11-25)21(28)15-23-22(19-9-6-14-29-19)18-7-4-3-5-8-18/h3-9,14,17,22-23H,10-13,15-16H2,1-2H3,(H,24,27)/p+2/t22-/m1/s1. The van der Waals surface area contributed by atoms with Crippen LogP contribution in [0.3, 0.4) is 0 Å². The second-order valence-corrected chi connectivity index (χ2v) is 7.87. The van der Waals surface area contributed by atoms with Crippen LogP contribution in [0.5, 0.6) is 0 Å². The molecular formula is C22H32N4O3+2. The molecular weight excluding hydrogens is 368 g/mol. The van der Waals surface area contributed by atoms with Gasteiger partial charge in [-0.05, 0) is 26.0 Å². The van der Waals surface area contributed by atoms with Crippen molar-refractivity contribution >= 4 is 11.8 Å². The van der Waals surface area contributed by atoms with Crippen LogP contribution in [-0.4, -0.2) is 62.0 Å². The molecule has 1 atom stereocenters. The van der Waals surface area contributed by atoms with Gasteiger partial charge < -0.3 is 24.9 Å². The largest absolute Gasteiger partial charge is 0.463 e. The van der Waals surface area contributed by atoms with Crippen molar-refractivity contribution in [3.63, 3.8) is 0 Å². The zero-order valence-corrected chi connectivity index (χ0v) is 17.3. The normalized spacial score (nSPS) is 16.0. The fourth-order valence-electron chi connectivity index (χ4n) is 3.74. The first-order chi connectivity index (χ1) is 14.0. The van der Waals surface area contributed by atoms with Gasteiger partial charge in [-0.15, -0.1) is 0 Å². The van der Waals surface area contributed by atoms with Crippen LogP contribution < -0.4 is 15.5 Å². The fraction of sp³-hybridized carbons (Fsp3) is 0.455. The molecule has 0 bridgehead atoms. The van der Waals surface area contributed by atoms with Crippen LogP contribution in [0.4, 0.5) is 0 Å². The van der Waals surface area contributed by atoms with Crippen molar-refractivity contribution in [2.24, 2.45) is 0 Å². The second kappa shape index (κ2) is 10.2. The number of amides is 2. The van der Waals surface area contributed by atoms with Crippen LogP contribution in [-0.2, 0) is 9.59 Å². The first-order valence-corrected chi connectivity index (χ1v) is 10.4. The Labute approximate surface area is 172 Å². The molecule has 3 rings (SSSR count). The lowest BCUT2D eigenvalue weighted by Crippen LogP contribution is -3.16. The molecule has 7 nitrogen and oxygen atoms in total. The Morgan fingerprint density at radius 2 is 1.86 bits per heavy atom. The van der Waals surface area contributed by atoms with Gasteiger partial charge >= 0.3 is 0 Å². The van der Waals surface area contributed by atoms with Crippen molar-refractivity contribution < 1.29 is 24.2 Å². The number of furan rings is 1. The van der Waals surface area contributed by atoms with E-state index in [0.717, 1.165) is 24.4 Å². The highest BCUT2D eigenvalue weighted by atomic mass is 16.3. The summed E-state index contributed by atoms with van der Waals surface area (Å²) in [4.78, 5) is 27.8. The summed E-state index contributed by atoms with van der Waals surface area (Å²) in [6.45, 7) is 7.75. The molecule has 2 aromatic rings. The second-order valence-electron chi connectivity index (χ2n) is 7.87. The van der Waals surface area contributed by atoms with Gasteiger partial charge in [0.25, 0.3) is 11.8 Å². The Balaban J connectivity index is 1.49. The van der Waals surface area contributed by atoms with Crippen LogP contribution in [0.1, 0.15) is 31.2 Å². The van der Waals surface area contributed by atoms with Crippen LogP contribution in [0.15, 0.2) is 53.1 Å². The molecule has 1 saturated heterocycles. The number of benzene rings is 1. The average Bonchev–Trinajstić information content (AvgIpc) is 3.23. The van der Waals surface area contributed by atoms with E-state index in [9.17, 15) is 9.59 Å². The zero-order valence-electron chi connectivity index (χ0n) is 17.3. The van der Waals surface area contributed by atoms with Crippen LogP contribution in [0, 0.1) is 0 Å². The molecule has 0 unspecified atom stereocenters. The predicted molar refractivity (Wildman–Crippen MR) is 109 cm³/mol. The maximum atomic E-state index is 12.8. The Morgan fingerprint density at radius 3 is 2.48 bits per heavy atom. The van der Waals surface area contributed by atoms with Crippen molar-refractivity contribution in [3.8, 4) is 0 Å². The van der Waals surface area contributed by atoms with Crippen molar-refractivity contribution in [1.29, 1.82) is 0 Å². The third-order valence-corrected chi connectivity index (χ3v) is 5.22. The van der Waals surface area contributed by atoms with E-state index in [-0.39, 0.29) is 23.9 Å². The van der Waals surface area contributed by atoms with E-state index in [1.54, 1.807) is 6.26 Å². The molecule has 1 fully saturated rings. The van der Waals surface area contributed by atoms with E-state index in [0.29, 0.717) is 26.2 Å². The summed E-state index contributed by atoms with van der Waals surface area (Å²) in [6.07, 6.45) is 1.67. The van der Waals surface area contributed by atoms with Gasteiger partial charge in [-0.3, -0.25) is 9.59 Å². The monoisotopic (exact) mass is 400 g/mol. The molecule has 1 aliphatic heterocycles. The first kappa shape index (κ1) is 21.1. The summed E-state index contributed by atoms with van der Waals surface area (Å²) >= 11 is 0. The van der Waals surface area contributed by atoms with Gasteiger partial charge in [0, 0.05) is 11.6 Å². The molecule has 29 heavy (non-hydrogen) atoms. The number of carbonyl (C=O) groups excluding carboxylic acids is 2. The van der Waals surface area contributed by atoms with E-state index in [1.165, 1.54) is 4.90 Å². The summed E-state index contributed by atoms with van der Waals surface area (Å²) < 4.78 is 5.61. The third-order valence-electron chi connectivity index (χ3n) is 5.22. The SMILES string of the molecule is CC(C)NC(=O)C[NH+]1CCN(C(=O)C[NH2+][C@H](c2ccccc2)c2ccco2)CC1. The molecule has 0 saturated carbocycles. The molecule has 1 aromatic carbocycles. The molecule has 7 heteroatoms. The highest BCUT2D eigenvalue weighted by Crippen LogP contribution is 2.18. The van der Waals surface area contributed by atoms with Gasteiger partial charge in [-0.2, -0.15) is 0 Å². The van der Waals surface area contributed by atoms with Crippen molar-refractivity contribution in [2.75, 3.05) is 39.3 Å². The Morgan fingerprint density at radius 1 is 1.14 bits per heavy atom. The summed E-state index contributed by atoms with van der Waals surface area (Å²) in [7, 11) is 0. The Bertz CT molecular complexity index is 769. The van der Waals surface area contributed by atoms with Crippen LogP contribution >= 0.6 is 0 Å². The molecule has 2 amide bonds. The number of hydrogen-bond acceptors (Lipinski definition) is 3. The highest BCUT2D eigenvalue weighted by Gasteiger charge is 2.28. The molecule has 4 N–H and O–H groups in total. The Kier molecular flexibility index (Phi) is 7.43. The van der Waals surface area contributed by atoms with Gasteiger partial charge in [0.1, 0.15) is 0 Å². The van der Waals surface area contributed by atoms with Crippen molar-refractivity contribution in [2.45, 2.75) is 25.9 Å². The van der Waals surface area contributed by atoms with E-state index >= 15 is 0 Å². The number of rotatable bonds is 8. The fourth-order valence-corrected chi connectivity index (χ4v) is 3.74. The summed E-state index contributed by atoms with van der Waals surface area (Å²) in [5, 5.41) is 4.97. The third kappa shape index (κ3) is 6.17. The smallest absolute Gasteiger partial charge is 0.278 e. The number of nitrogens with zero attached hydrogens (tertiary/aromatic N) is 1. The molecule has 0 spiro atoms. The first-order valence-electron chi connectivity index (χ1n) is 10.4. The summed E-state index contributed by atoms with van der Waals surface area (Å²) in [5.41, 5.74) is 1.11. The molecule has 156 valence electrons. The highest BCUT2D eigenvalue weighted by molar-refractivity contribution is 5.77. The van der Waals surface area contributed by atoms with Gasteiger partial charge in [-0.1, -0.05) is 30.3 Å². The quantitative estimate of drug-likeness (QED) is 0.542. The lowest BCUT2D eigenvalue weighted by Gasteiger charge is -2.31. The average molecular weight is 401 g/mol. The maximum absolute atomic E-state index is 12.8. The summed E-state index contributed by atoms with van der Waals surface area (Å²) in [5.74, 6) is 1.05. The van der Waals surface area contributed by atoms with Crippen molar-refractivity contribution in [3.05, 3.63) is 60.1 Å². The molecule has 0 aliphatic carbocycles. The molecule has 0 radical (unpaired) electrons. The minimum atomic E-state index is -0.0400. The molecule has 1 aromatic heterocycles. The lowest BCUT2D eigenvalue weighted by molar-refractivity contribution is -0.896. The van der Waals surface area contributed by atoms with Crippen LogP contribution in [0.25, 0.3) is 0 Å². The number of nitrogens with two attached hydrogens (primary N) is 1. The number of carbonyl (C=O) groups is 2. The lowest BCUT2D eigenvalue weighted by atomic mass is 10.0. The molecule has 1 aliphatic rings. The van der Waals surface area contributed by atoms with Crippen LogP contribution in [0.2, 0.25) is 0 Å². The number of hydrogen-bond donors (Lipinski definition) is 3. The van der Waals surface area contributed by atoms with E-state index < -0.39 is 0 Å². The minimum Gasteiger partial charge on any atom is -0.463 e. The zero-order chi connectivity index (χ0) is 20.6. The van der Waals surface area contributed by atoms with Gasteiger partial charge in [0.2, 0.25) is 0 Å². The van der Waals surface area contributed by atoms with E-state index in [2.05, 4.69) is 17.4 Å². The number of quaternary nitrogens is 2. The van der Waals surface area contributed by atoms with Gasteiger partial charge in [0.15, 0.2) is 24.9 Å². The summed E-state index contributed by atoms with van der Waals surface area (Å²) in [6, 6.07) is 14.0. The van der Waals surface area contributed by atoms with E-state index in [1.807, 2.05) is 54.4 Å². The number of nitrogens with one attached hydrogen (secondary N) is 2. The minimum absolute atomic E-state index is 0.0400. The maximum Gasteiger partial charge on any atom is 0.278 e.